The Morgan fingerprint density at radius 2 is 2.00 bits per heavy atom. The highest BCUT2D eigenvalue weighted by Crippen LogP contribution is 2.30. The van der Waals surface area contributed by atoms with Gasteiger partial charge in [-0.15, -0.1) is 11.8 Å². The summed E-state index contributed by atoms with van der Waals surface area (Å²) in [4.78, 5) is 20.6. The van der Waals surface area contributed by atoms with Gasteiger partial charge in [-0.2, -0.15) is 0 Å². The number of aromatic amines is 1. The highest BCUT2D eigenvalue weighted by Gasteiger charge is 2.08. The third kappa shape index (κ3) is 2.85. The highest BCUT2D eigenvalue weighted by atomic mass is 32.2. The largest absolute Gasteiger partial charge is 0.496 e. The van der Waals surface area contributed by atoms with Gasteiger partial charge in [-0.3, -0.25) is 4.79 Å². The first-order valence-electron chi connectivity index (χ1n) is 6.93. The summed E-state index contributed by atoms with van der Waals surface area (Å²) in [6.45, 7) is 1.96. The first-order valence-corrected chi connectivity index (χ1v) is 7.92. The first kappa shape index (κ1) is 14.7. The summed E-state index contributed by atoms with van der Waals surface area (Å²) in [6, 6.07) is 13.4. The molecule has 3 aromatic rings. The number of hydrogen-bond donors (Lipinski definition) is 1. The zero-order valence-corrected chi connectivity index (χ0v) is 13.2. The molecule has 0 unspecified atom stereocenters. The number of thioether (sulfide) groups is 1. The quantitative estimate of drug-likeness (QED) is 0.749. The molecule has 0 saturated heterocycles. The van der Waals surface area contributed by atoms with Gasteiger partial charge in [0.15, 0.2) is 0 Å². The van der Waals surface area contributed by atoms with Crippen LogP contribution in [-0.4, -0.2) is 17.1 Å². The Hall–Kier alpha value is -2.27. The van der Waals surface area contributed by atoms with E-state index in [1.807, 2.05) is 43.3 Å². The predicted octanol–water partition coefficient (Wildman–Crippen LogP) is 3.53. The monoisotopic (exact) mass is 312 g/mol. The van der Waals surface area contributed by atoms with Crippen molar-refractivity contribution in [2.75, 3.05) is 7.11 Å². The molecule has 1 aromatic heterocycles. The van der Waals surface area contributed by atoms with Crippen LogP contribution in [0.2, 0.25) is 0 Å². The fourth-order valence-corrected chi connectivity index (χ4v) is 3.20. The number of hydrogen-bond acceptors (Lipinski definition) is 4. The molecule has 0 aliphatic heterocycles. The Kier molecular flexibility index (Phi) is 4.15. The Balaban J connectivity index is 1.91. The van der Waals surface area contributed by atoms with Crippen LogP contribution in [0.3, 0.4) is 0 Å². The Morgan fingerprint density at radius 3 is 2.82 bits per heavy atom. The highest BCUT2D eigenvalue weighted by molar-refractivity contribution is 7.98. The molecule has 2 aromatic carbocycles. The fourth-order valence-electron chi connectivity index (χ4n) is 2.30. The van der Waals surface area contributed by atoms with E-state index in [1.54, 1.807) is 24.9 Å². The summed E-state index contributed by atoms with van der Waals surface area (Å²) >= 11 is 1.59. The first-order chi connectivity index (χ1) is 10.7. The van der Waals surface area contributed by atoms with Gasteiger partial charge in [0, 0.05) is 4.90 Å². The van der Waals surface area contributed by atoms with Crippen LogP contribution in [0.25, 0.3) is 10.9 Å². The molecule has 4 nitrogen and oxygen atoms in total. The van der Waals surface area contributed by atoms with E-state index in [-0.39, 0.29) is 5.56 Å². The van der Waals surface area contributed by atoms with E-state index < -0.39 is 0 Å². The number of fused-ring (bicyclic) bond motifs is 1. The average Bonchev–Trinajstić information content (AvgIpc) is 2.54. The van der Waals surface area contributed by atoms with Gasteiger partial charge in [-0.1, -0.05) is 24.3 Å². The van der Waals surface area contributed by atoms with Gasteiger partial charge in [0.2, 0.25) is 0 Å². The SMILES string of the molecule is COc1ccccc1SCc1nc2c(C)cccc2c(=O)[nH]1. The lowest BCUT2D eigenvalue weighted by Crippen LogP contribution is -2.11. The van der Waals surface area contributed by atoms with Crippen LogP contribution in [-0.2, 0) is 5.75 Å². The second-order valence-electron chi connectivity index (χ2n) is 4.92. The number of benzene rings is 2. The number of rotatable bonds is 4. The summed E-state index contributed by atoms with van der Waals surface area (Å²) in [6.07, 6.45) is 0. The van der Waals surface area contributed by atoms with Crippen molar-refractivity contribution in [3.05, 3.63) is 64.2 Å². The minimum Gasteiger partial charge on any atom is -0.496 e. The van der Waals surface area contributed by atoms with E-state index in [2.05, 4.69) is 9.97 Å². The molecule has 1 heterocycles. The standard InChI is InChI=1S/C17H16N2O2S/c1-11-6-5-7-12-16(11)18-15(19-17(12)20)10-22-14-9-4-3-8-13(14)21-2/h3-9H,10H2,1-2H3,(H,18,19,20). The van der Waals surface area contributed by atoms with Crippen molar-refractivity contribution in [1.29, 1.82) is 0 Å². The number of aryl methyl sites for hydroxylation is 1. The second kappa shape index (κ2) is 6.23. The van der Waals surface area contributed by atoms with Crippen LogP contribution in [0.1, 0.15) is 11.4 Å². The number of nitrogens with one attached hydrogen (secondary N) is 1. The number of H-pyrrole nitrogens is 1. The molecule has 3 rings (SSSR count). The molecule has 112 valence electrons. The molecular weight excluding hydrogens is 296 g/mol. The van der Waals surface area contributed by atoms with Gasteiger partial charge >= 0.3 is 0 Å². The van der Waals surface area contributed by atoms with Crippen molar-refractivity contribution in [2.45, 2.75) is 17.6 Å². The van der Waals surface area contributed by atoms with E-state index in [4.69, 9.17) is 4.74 Å². The summed E-state index contributed by atoms with van der Waals surface area (Å²) in [5, 5.41) is 0.631. The third-order valence-electron chi connectivity index (χ3n) is 3.42. The van der Waals surface area contributed by atoms with Crippen LogP contribution >= 0.6 is 11.8 Å². The van der Waals surface area contributed by atoms with Crippen LogP contribution in [0, 0.1) is 6.92 Å². The molecule has 0 atom stereocenters. The summed E-state index contributed by atoms with van der Waals surface area (Å²) < 4.78 is 5.33. The molecule has 0 spiro atoms. The molecule has 1 N–H and O–H groups in total. The number of methoxy groups -OCH3 is 1. The van der Waals surface area contributed by atoms with Crippen LogP contribution in [0.5, 0.6) is 5.75 Å². The predicted molar refractivity (Wildman–Crippen MR) is 89.7 cm³/mol. The smallest absolute Gasteiger partial charge is 0.258 e. The number of para-hydroxylation sites is 2. The topological polar surface area (TPSA) is 55.0 Å². The van der Waals surface area contributed by atoms with E-state index in [0.29, 0.717) is 17.0 Å². The van der Waals surface area contributed by atoms with Crippen LogP contribution < -0.4 is 10.3 Å². The van der Waals surface area contributed by atoms with Crippen LogP contribution in [0.15, 0.2) is 52.2 Å². The minimum absolute atomic E-state index is 0.0932. The van der Waals surface area contributed by atoms with Crippen LogP contribution in [0.4, 0.5) is 0 Å². The lowest BCUT2D eigenvalue weighted by Gasteiger charge is -2.08. The lowest BCUT2D eigenvalue weighted by molar-refractivity contribution is 0.405. The molecule has 22 heavy (non-hydrogen) atoms. The molecule has 0 bridgehead atoms. The Labute approximate surface area is 132 Å². The number of aromatic nitrogens is 2. The summed E-state index contributed by atoms with van der Waals surface area (Å²) in [5.41, 5.74) is 1.68. The van der Waals surface area contributed by atoms with Gasteiger partial charge in [0.1, 0.15) is 11.6 Å². The third-order valence-corrected chi connectivity index (χ3v) is 4.49. The van der Waals surface area contributed by atoms with Gasteiger partial charge in [0.25, 0.3) is 5.56 Å². The van der Waals surface area contributed by atoms with Gasteiger partial charge < -0.3 is 9.72 Å². The lowest BCUT2D eigenvalue weighted by atomic mass is 10.1. The van der Waals surface area contributed by atoms with E-state index in [1.165, 1.54) is 0 Å². The fraction of sp³-hybridized carbons (Fsp3) is 0.176. The molecule has 5 heteroatoms. The van der Waals surface area contributed by atoms with E-state index in [0.717, 1.165) is 21.7 Å². The number of nitrogens with zero attached hydrogens (tertiary/aromatic N) is 1. The van der Waals surface area contributed by atoms with Crippen molar-refractivity contribution >= 4 is 22.7 Å². The summed E-state index contributed by atoms with van der Waals surface area (Å²) in [7, 11) is 1.65. The molecule has 0 radical (unpaired) electrons. The maximum absolute atomic E-state index is 12.2. The van der Waals surface area contributed by atoms with Gasteiger partial charge in [-0.25, -0.2) is 4.98 Å². The van der Waals surface area contributed by atoms with Gasteiger partial charge in [0.05, 0.1) is 23.8 Å². The summed E-state index contributed by atoms with van der Waals surface area (Å²) in [5.74, 6) is 2.08. The van der Waals surface area contributed by atoms with Crippen molar-refractivity contribution < 1.29 is 4.74 Å². The Morgan fingerprint density at radius 1 is 1.18 bits per heavy atom. The zero-order valence-electron chi connectivity index (χ0n) is 12.4. The number of ether oxygens (including phenoxy) is 1. The second-order valence-corrected chi connectivity index (χ2v) is 5.94. The maximum atomic E-state index is 12.2. The maximum Gasteiger partial charge on any atom is 0.258 e. The molecule has 0 aliphatic carbocycles. The molecule has 0 amide bonds. The Bertz CT molecular complexity index is 874. The molecule has 0 fully saturated rings. The van der Waals surface area contributed by atoms with Crippen molar-refractivity contribution in [3.8, 4) is 5.75 Å². The molecule has 0 saturated carbocycles. The van der Waals surface area contributed by atoms with E-state index in [9.17, 15) is 4.79 Å². The van der Waals surface area contributed by atoms with Crippen molar-refractivity contribution in [3.63, 3.8) is 0 Å². The zero-order chi connectivity index (χ0) is 15.5. The van der Waals surface area contributed by atoms with E-state index >= 15 is 0 Å². The van der Waals surface area contributed by atoms with Crippen molar-refractivity contribution in [2.24, 2.45) is 0 Å². The minimum atomic E-state index is -0.0932. The van der Waals surface area contributed by atoms with Crippen molar-refractivity contribution in [1.82, 2.24) is 9.97 Å². The average molecular weight is 312 g/mol. The molecular formula is C17H16N2O2S. The molecule has 0 aliphatic rings. The normalized spacial score (nSPS) is 10.8. The van der Waals surface area contributed by atoms with Gasteiger partial charge in [-0.05, 0) is 30.7 Å².